The summed E-state index contributed by atoms with van der Waals surface area (Å²) in [6.45, 7) is 1.00. The molecule has 23 heavy (non-hydrogen) atoms. The molecule has 0 fully saturated rings. The molecule has 2 aromatic rings. The highest BCUT2D eigenvalue weighted by Gasteiger charge is 2.25. The van der Waals surface area contributed by atoms with Crippen molar-refractivity contribution in [1.82, 2.24) is 5.32 Å². The van der Waals surface area contributed by atoms with E-state index >= 15 is 0 Å². The summed E-state index contributed by atoms with van der Waals surface area (Å²) in [7, 11) is 0. The van der Waals surface area contributed by atoms with Crippen LogP contribution in [-0.4, -0.2) is 31.5 Å². The first-order valence-electron chi connectivity index (χ1n) is 7.54. The van der Waals surface area contributed by atoms with Crippen LogP contribution in [0.3, 0.4) is 0 Å². The van der Waals surface area contributed by atoms with Crippen LogP contribution in [0.2, 0.25) is 0 Å². The summed E-state index contributed by atoms with van der Waals surface area (Å²) in [5, 5.41) is 7.00. The van der Waals surface area contributed by atoms with Crippen molar-refractivity contribution >= 4 is 28.8 Å². The van der Waals surface area contributed by atoms with Crippen LogP contribution in [-0.2, 0) is 16.0 Å². The summed E-state index contributed by atoms with van der Waals surface area (Å²) in [6.07, 6.45) is 1.11. The largest absolute Gasteiger partial charge is 0.482 e. The number of anilines is 1. The number of carbonyl (C=O) groups is 2. The van der Waals surface area contributed by atoms with Crippen LogP contribution in [0, 0.1) is 0 Å². The molecule has 1 aliphatic rings. The number of para-hydroxylation sites is 2. The first-order chi connectivity index (χ1) is 11.2. The van der Waals surface area contributed by atoms with E-state index in [1.807, 2.05) is 29.6 Å². The number of hydrogen-bond acceptors (Lipinski definition) is 4. The normalized spacial score (nSPS) is 13.4. The zero-order chi connectivity index (χ0) is 16.1. The molecule has 0 atom stereocenters. The Morgan fingerprint density at radius 2 is 2.17 bits per heavy atom. The van der Waals surface area contributed by atoms with E-state index in [0.29, 0.717) is 18.8 Å². The van der Waals surface area contributed by atoms with Gasteiger partial charge < -0.3 is 15.0 Å². The Bertz CT molecular complexity index is 685. The molecule has 120 valence electrons. The number of amides is 2. The van der Waals surface area contributed by atoms with Gasteiger partial charge in [-0.3, -0.25) is 9.59 Å². The molecule has 0 unspecified atom stereocenters. The van der Waals surface area contributed by atoms with Crippen molar-refractivity contribution in [2.24, 2.45) is 0 Å². The van der Waals surface area contributed by atoms with Crippen molar-refractivity contribution in [1.29, 1.82) is 0 Å². The van der Waals surface area contributed by atoms with E-state index in [4.69, 9.17) is 4.74 Å². The molecule has 0 bridgehead atoms. The number of nitrogens with one attached hydrogen (secondary N) is 1. The highest BCUT2D eigenvalue weighted by molar-refractivity contribution is 7.07. The minimum absolute atomic E-state index is 0.0246. The van der Waals surface area contributed by atoms with E-state index in [1.54, 1.807) is 16.2 Å². The fraction of sp³-hybridized carbons (Fsp3) is 0.294. The number of nitrogens with zero attached hydrogens (tertiary/aromatic N) is 1. The van der Waals surface area contributed by atoms with Gasteiger partial charge in [0.05, 0.1) is 5.69 Å². The first-order valence-corrected chi connectivity index (χ1v) is 8.48. The van der Waals surface area contributed by atoms with Gasteiger partial charge in [0.2, 0.25) is 5.91 Å². The summed E-state index contributed by atoms with van der Waals surface area (Å²) in [4.78, 5) is 25.6. The summed E-state index contributed by atoms with van der Waals surface area (Å²) >= 11 is 1.65. The summed E-state index contributed by atoms with van der Waals surface area (Å²) in [5.74, 6) is 0.525. The van der Waals surface area contributed by atoms with Crippen molar-refractivity contribution in [2.45, 2.75) is 12.8 Å². The Kier molecular flexibility index (Phi) is 4.92. The highest BCUT2D eigenvalue weighted by Crippen LogP contribution is 2.31. The first kappa shape index (κ1) is 15.6. The third-order valence-corrected chi connectivity index (χ3v) is 4.42. The van der Waals surface area contributed by atoms with Gasteiger partial charge in [-0.1, -0.05) is 12.1 Å². The Morgan fingerprint density at radius 3 is 3.00 bits per heavy atom. The van der Waals surface area contributed by atoms with E-state index in [0.717, 1.165) is 12.1 Å². The summed E-state index contributed by atoms with van der Waals surface area (Å²) < 4.78 is 5.39. The van der Waals surface area contributed by atoms with E-state index < -0.39 is 0 Å². The molecule has 0 saturated carbocycles. The fourth-order valence-corrected chi connectivity index (χ4v) is 3.19. The molecular formula is C17H18N2O3S. The van der Waals surface area contributed by atoms with Gasteiger partial charge in [-0.15, -0.1) is 0 Å². The number of ether oxygens (including phenoxy) is 1. The minimum Gasteiger partial charge on any atom is -0.482 e. The zero-order valence-corrected chi connectivity index (χ0v) is 13.5. The lowest BCUT2D eigenvalue weighted by Crippen LogP contribution is -2.41. The number of hydrogen-bond donors (Lipinski definition) is 1. The Balaban J connectivity index is 1.49. The maximum absolute atomic E-state index is 12.0. The Hall–Kier alpha value is -2.34. The molecular weight excluding hydrogens is 312 g/mol. The topological polar surface area (TPSA) is 58.6 Å². The molecule has 0 aliphatic carbocycles. The fourth-order valence-electron chi connectivity index (χ4n) is 2.48. The maximum Gasteiger partial charge on any atom is 0.265 e. The van der Waals surface area contributed by atoms with Crippen molar-refractivity contribution in [3.63, 3.8) is 0 Å². The second-order valence-electron chi connectivity index (χ2n) is 5.28. The molecule has 2 heterocycles. The van der Waals surface area contributed by atoms with Crippen LogP contribution in [0.4, 0.5) is 5.69 Å². The zero-order valence-electron chi connectivity index (χ0n) is 12.7. The summed E-state index contributed by atoms with van der Waals surface area (Å²) in [5.41, 5.74) is 1.96. The number of thiophene rings is 1. The number of rotatable bonds is 6. The van der Waals surface area contributed by atoms with Crippen LogP contribution in [0.15, 0.2) is 41.1 Å². The lowest BCUT2D eigenvalue weighted by molar-refractivity contribution is -0.122. The van der Waals surface area contributed by atoms with Crippen molar-refractivity contribution in [3.8, 4) is 5.75 Å². The smallest absolute Gasteiger partial charge is 0.265 e. The quantitative estimate of drug-likeness (QED) is 0.883. The number of carbonyl (C=O) groups excluding carboxylic acids is 2. The van der Waals surface area contributed by atoms with Gasteiger partial charge >= 0.3 is 0 Å². The molecule has 1 N–H and O–H groups in total. The van der Waals surface area contributed by atoms with Gasteiger partial charge in [-0.25, -0.2) is 0 Å². The molecule has 1 aromatic carbocycles. The molecule has 0 radical (unpaired) electrons. The molecule has 6 heteroatoms. The third-order valence-electron chi connectivity index (χ3n) is 3.69. The van der Waals surface area contributed by atoms with Gasteiger partial charge in [0, 0.05) is 19.5 Å². The maximum atomic E-state index is 12.0. The van der Waals surface area contributed by atoms with E-state index in [-0.39, 0.29) is 24.8 Å². The molecule has 5 nitrogen and oxygen atoms in total. The van der Waals surface area contributed by atoms with E-state index in [9.17, 15) is 9.59 Å². The van der Waals surface area contributed by atoms with Gasteiger partial charge in [0.25, 0.3) is 5.91 Å². The van der Waals surface area contributed by atoms with Gasteiger partial charge in [-0.05, 0) is 40.9 Å². The van der Waals surface area contributed by atoms with E-state index in [2.05, 4.69) is 16.8 Å². The van der Waals surface area contributed by atoms with Crippen molar-refractivity contribution in [2.75, 3.05) is 24.6 Å². The van der Waals surface area contributed by atoms with Crippen LogP contribution < -0.4 is 15.0 Å². The van der Waals surface area contributed by atoms with Crippen LogP contribution in [0.1, 0.15) is 12.0 Å². The SMILES string of the molecule is O=C(CCN1C(=O)COc2ccccc21)NCCc1ccsc1. The van der Waals surface area contributed by atoms with Gasteiger partial charge in [-0.2, -0.15) is 11.3 Å². The predicted octanol–water partition coefficient (Wildman–Crippen LogP) is 2.22. The van der Waals surface area contributed by atoms with Crippen LogP contribution in [0.5, 0.6) is 5.75 Å². The average molecular weight is 330 g/mol. The van der Waals surface area contributed by atoms with Gasteiger partial charge in [0.1, 0.15) is 5.75 Å². The molecule has 2 amide bonds. The summed E-state index contributed by atoms with van der Waals surface area (Å²) in [6, 6.07) is 9.44. The monoisotopic (exact) mass is 330 g/mol. The molecule has 1 aliphatic heterocycles. The Labute approximate surface area is 138 Å². The highest BCUT2D eigenvalue weighted by atomic mass is 32.1. The lowest BCUT2D eigenvalue weighted by atomic mass is 10.2. The second-order valence-corrected chi connectivity index (χ2v) is 6.06. The molecule has 1 aromatic heterocycles. The molecule has 3 rings (SSSR count). The van der Waals surface area contributed by atoms with Crippen LogP contribution >= 0.6 is 11.3 Å². The second kappa shape index (κ2) is 7.28. The number of benzene rings is 1. The van der Waals surface area contributed by atoms with Crippen LogP contribution in [0.25, 0.3) is 0 Å². The lowest BCUT2D eigenvalue weighted by Gasteiger charge is -2.29. The standard InChI is InChI=1S/C17H18N2O3S/c20-16(18-8-5-13-7-10-23-12-13)6-9-19-14-3-1-2-4-15(14)22-11-17(19)21/h1-4,7,10,12H,5-6,8-9,11H2,(H,18,20). The Morgan fingerprint density at radius 1 is 1.30 bits per heavy atom. The number of fused-ring (bicyclic) bond motifs is 1. The molecule has 0 saturated heterocycles. The third kappa shape index (κ3) is 3.90. The average Bonchev–Trinajstić information content (AvgIpc) is 3.07. The minimum atomic E-state index is -0.116. The van der Waals surface area contributed by atoms with Gasteiger partial charge in [0.15, 0.2) is 6.61 Å². The molecule has 0 spiro atoms. The van der Waals surface area contributed by atoms with E-state index in [1.165, 1.54) is 5.56 Å². The van der Waals surface area contributed by atoms with Crippen molar-refractivity contribution < 1.29 is 14.3 Å². The van der Waals surface area contributed by atoms with Crippen molar-refractivity contribution in [3.05, 3.63) is 46.7 Å². The predicted molar refractivity (Wildman–Crippen MR) is 89.9 cm³/mol.